The maximum atomic E-state index is 12.6. The Morgan fingerprint density at radius 3 is 1.75 bits per heavy atom. The van der Waals surface area contributed by atoms with E-state index in [1.54, 1.807) is 18.3 Å². The van der Waals surface area contributed by atoms with Gasteiger partial charge in [-0.05, 0) is 116 Å². The quantitative estimate of drug-likeness (QED) is 0.162. The van der Waals surface area contributed by atoms with Crippen LogP contribution in [0.5, 0.6) is 5.75 Å². The molecular formula is C66H68N3OPt-. The number of fused-ring (bicyclic) bond motifs is 1. The molecule has 2 aromatic heterocycles. The molecule has 2 heterocycles. The molecule has 0 saturated carbocycles. The molecule has 9 aromatic rings. The van der Waals surface area contributed by atoms with Gasteiger partial charge < -0.3 is 5.11 Å². The van der Waals surface area contributed by atoms with E-state index in [1.165, 1.54) is 0 Å². The summed E-state index contributed by atoms with van der Waals surface area (Å²) in [5, 5.41) is 12.6. The number of imidazole rings is 1. The molecule has 4 nitrogen and oxygen atoms in total. The summed E-state index contributed by atoms with van der Waals surface area (Å²) in [5.74, 6) is 0.483. The first-order valence-electron chi connectivity index (χ1n) is 27.3. The van der Waals surface area contributed by atoms with Crippen LogP contribution < -0.4 is 0 Å². The van der Waals surface area contributed by atoms with E-state index in [0.29, 0.717) is 33.8 Å². The van der Waals surface area contributed by atoms with Crippen molar-refractivity contribution in [2.24, 2.45) is 0 Å². The molecule has 0 fully saturated rings. The Bertz CT molecular complexity index is 3630. The molecule has 5 heteroatoms. The number of aromatic hydroxyl groups is 1. The van der Waals surface area contributed by atoms with Crippen molar-refractivity contribution in [3.63, 3.8) is 0 Å². The van der Waals surface area contributed by atoms with Crippen molar-refractivity contribution in [1.82, 2.24) is 14.5 Å². The maximum absolute atomic E-state index is 12.6. The smallest absolute Gasteiger partial charge is 0.148 e. The second kappa shape index (κ2) is 19.0. The van der Waals surface area contributed by atoms with Gasteiger partial charge in [-0.25, -0.2) is 4.98 Å². The van der Waals surface area contributed by atoms with Crippen molar-refractivity contribution in [2.75, 3.05) is 0 Å². The molecule has 0 aliphatic heterocycles. The van der Waals surface area contributed by atoms with E-state index in [9.17, 15) is 9.22 Å². The zero-order chi connectivity index (χ0) is 55.1. The molecule has 364 valence electrons. The summed E-state index contributed by atoms with van der Waals surface area (Å²) in [5.41, 5.74) is 13.8. The third kappa shape index (κ3) is 10.4. The fraction of sp³-hybridized carbons (Fsp3) is 0.273. The molecule has 7 aromatic carbocycles. The Morgan fingerprint density at radius 1 is 0.507 bits per heavy atom. The number of aryl methyl sites for hydroxylation is 2. The number of para-hydroxylation sites is 1. The second-order valence-corrected chi connectivity index (χ2v) is 23.0. The molecule has 0 spiro atoms. The SMILES string of the molecule is [2H]C([2H])([2H])c1ccc(-c2ccnc(-c3[c-]c(-c4cccc5c4nc(-c4cc(C(C)(C)C)cc(C(C)(C)C)c4O)n5-c4ccc(-c5cc(C(C)(C)C)cc(C(C)(C)C)c5)cc4C([2H])([2H])[2H])cc(-c4ccccc4)c3)c2)cc1.[Pt]. The Labute approximate surface area is 446 Å². The predicted octanol–water partition coefficient (Wildman–Crippen LogP) is 17.7. The van der Waals surface area contributed by atoms with E-state index in [1.807, 2.05) is 89.5 Å². The van der Waals surface area contributed by atoms with Crippen molar-refractivity contribution in [3.8, 4) is 78.6 Å². The largest absolute Gasteiger partial charge is 0.507 e. The third-order valence-electron chi connectivity index (χ3n) is 13.5. The number of rotatable bonds is 7. The first-order valence-corrected chi connectivity index (χ1v) is 24.3. The molecule has 0 aliphatic carbocycles. The molecule has 0 amide bonds. The molecule has 71 heavy (non-hydrogen) atoms. The van der Waals surface area contributed by atoms with Crippen molar-refractivity contribution in [1.29, 1.82) is 0 Å². The van der Waals surface area contributed by atoms with Gasteiger partial charge in [0.25, 0.3) is 0 Å². The minimum absolute atomic E-state index is 0. The Balaban J connectivity index is 0.00000784. The number of aromatic nitrogens is 3. The number of nitrogens with zero attached hydrogens (tertiary/aromatic N) is 3. The summed E-state index contributed by atoms with van der Waals surface area (Å²) >= 11 is 0. The van der Waals surface area contributed by atoms with E-state index in [-0.39, 0.29) is 54.2 Å². The van der Waals surface area contributed by atoms with Gasteiger partial charge in [-0.3, -0.25) is 9.55 Å². The monoisotopic (exact) mass is 1120 g/mol. The average molecular weight is 1120 g/mol. The molecule has 0 bridgehead atoms. The van der Waals surface area contributed by atoms with Crippen LogP contribution in [0.4, 0.5) is 0 Å². The molecule has 0 atom stereocenters. The first-order chi connectivity index (χ1) is 35.4. The van der Waals surface area contributed by atoms with E-state index in [2.05, 4.69) is 138 Å². The van der Waals surface area contributed by atoms with Crippen LogP contribution in [0.1, 0.15) is 125 Å². The molecule has 0 aliphatic rings. The Hall–Kier alpha value is -6.35. The van der Waals surface area contributed by atoms with E-state index >= 15 is 0 Å². The van der Waals surface area contributed by atoms with Gasteiger partial charge in [-0.1, -0.05) is 208 Å². The van der Waals surface area contributed by atoms with E-state index in [4.69, 9.17) is 14.1 Å². The second-order valence-electron chi connectivity index (χ2n) is 23.0. The number of phenolic OH excluding ortho intramolecular Hbond substituents is 1. The third-order valence-corrected chi connectivity index (χ3v) is 13.5. The van der Waals surface area contributed by atoms with Gasteiger partial charge >= 0.3 is 0 Å². The van der Waals surface area contributed by atoms with Crippen molar-refractivity contribution in [3.05, 3.63) is 191 Å². The van der Waals surface area contributed by atoms with Gasteiger partial charge in [0.05, 0.1) is 22.3 Å². The van der Waals surface area contributed by atoms with Crippen LogP contribution in [0.25, 0.3) is 83.9 Å². The fourth-order valence-corrected chi connectivity index (χ4v) is 9.19. The zero-order valence-electron chi connectivity index (χ0n) is 49.0. The Kier molecular flexibility index (Phi) is 11.6. The summed E-state index contributed by atoms with van der Waals surface area (Å²) in [4.78, 5) is 10.4. The van der Waals surface area contributed by atoms with Crippen LogP contribution in [0, 0.1) is 19.8 Å². The summed E-state index contributed by atoms with van der Waals surface area (Å²) in [6, 6.07) is 51.2. The molecule has 0 radical (unpaired) electrons. The predicted molar refractivity (Wildman–Crippen MR) is 296 cm³/mol. The number of hydrogen-bond acceptors (Lipinski definition) is 3. The summed E-state index contributed by atoms with van der Waals surface area (Å²) in [6.07, 6.45) is 1.75. The molecule has 0 saturated heterocycles. The zero-order valence-corrected chi connectivity index (χ0v) is 45.3. The standard InChI is InChI=1S/C66H68N3O.Pt/c1-41-23-25-44(26-24-41)46-29-30-67-57(37-46)50-33-47(43-19-16-15-17-20-43)32-49(34-50)54-21-18-22-59-60(54)68-62(55-39-53(65(9,10)11)40-56(61(55)70)66(12,13)14)69(59)58-28-27-45(31-42(58)2)48-35-51(63(3,4)5)38-52(36-48)64(6,7)8;/h15-33,35-40,70H,1-14H3;/q-1;/i1D3,2D3;. The van der Waals surface area contributed by atoms with E-state index < -0.39 is 19.1 Å². The number of benzene rings is 7. The number of phenols is 1. The van der Waals surface area contributed by atoms with Crippen LogP contribution in [0.15, 0.2) is 152 Å². The van der Waals surface area contributed by atoms with Crippen LogP contribution >= 0.6 is 0 Å². The van der Waals surface area contributed by atoms with Gasteiger partial charge in [-0.2, -0.15) is 0 Å². The Morgan fingerprint density at radius 2 is 1.11 bits per heavy atom. The molecule has 1 N–H and O–H groups in total. The van der Waals surface area contributed by atoms with Crippen LogP contribution in [-0.2, 0) is 42.7 Å². The molecular weight excluding hydrogens is 1050 g/mol. The van der Waals surface area contributed by atoms with Gasteiger partial charge in [0.1, 0.15) is 11.6 Å². The summed E-state index contributed by atoms with van der Waals surface area (Å²) in [6.45, 7) is 21.1. The van der Waals surface area contributed by atoms with Gasteiger partial charge in [0.15, 0.2) is 0 Å². The normalized spacial score (nSPS) is 13.9. The fourth-order valence-electron chi connectivity index (χ4n) is 9.19. The van der Waals surface area contributed by atoms with Gasteiger partial charge in [-0.15, -0.1) is 23.8 Å². The molecule has 0 unspecified atom stereocenters. The van der Waals surface area contributed by atoms with Crippen molar-refractivity contribution < 1.29 is 34.4 Å². The number of hydrogen-bond donors (Lipinski definition) is 1. The minimum Gasteiger partial charge on any atom is -0.507 e. The topological polar surface area (TPSA) is 50.9 Å². The van der Waals surface area contributed by atoms with Crippen LogP contribution in [0.3, 0.4) is 0 Å². The maximum Gasteiger partial charge on any atom is 0.148 e. The summed E-state index contributed by atoms with van der Waals surface area (Å²) in [7, 11) is 0. The van der Waals surface area contributed by atoms with Gasteiger partial charge in [0.2, 0.25) is 0 Å². The minimum atomic E-state index is -2.57. The van der Waals surface area contributed by atoms with Crippen molar-refractivity contribution in [2.45, 2.75) is 118 Å². The van der Waals surface area contributed by atoms with Gasteiger partial charge in [0, 0.05) is 46.7 Å². The van der Waals surface area contributed by atoms with Crippen LogP contribution in [-0.4, -0.2) is 19.6 Å². The number of pyridine rings is 1. The van der Waals surface area contributed by atoms with E-state index in [0.717, 1.165) is 72.3 Å². The first kappa shape index (κ1) is 43.4. The average Bonchev–Trinajstić information content (AvgIpc) is 3.74. The summed E-state index contributed by atoms with van der Waals surface area (Å²) < 4.78 is 53.3. The van der Waals surface area contributed by atoms with Crippen LogP contribution in [0.2, 0.25) is 0 Å². The molecule has 9 rings (SSSR count). The van der Waals surface area contributed by atoms with Crippen molar-refractivity contribution >= 4 is 11.0 Å².